The minimum absolute atomic E-state index is 0.139. The second kappa shape index (κ2) is 4.45. The summed E-state index contributed by atoms with van der Waals surface area (Å²) in [5, 5.41) is 11.9. The number of nitrogens with zero attached hydrogens (tertiary/aromatic N) is 1. The van der Waals surface area contributed by atoms with Crippen LogP contribution in [0.4, 0.5) is 0 Å². The van der Waals surface area contributed by atoms with Crippen molar-refractivity contribution in [2.75, 3.05) is 0 Å². The van der Waals surface area contributed by atoms with Gasteiger partial charge in [0.2, 0.25) is 5.91 Å². The van der Waals surface area contributed by atoms with Crippen LogP contribution >= 0.6 is 0 Å². The SMILES string of the molecule is CC1(C)CCC(NC(=O)C(C)(C)C#N)CC1. The molecular formula is C13H22N2O. The van der Waals surface area contributed by atoms with Crippen LogP contribution in [-0.2, 0) is 4.79 Å². The Labute approximate surface area is 98.2 Å². The van der Waals surface area contributed by atoms with E-state index < -0.39 is 5.41 Å². The molecular weight excluding hydrogens is 200 g/mol. The van der Waals surface area contributed by atoms with E-state index in [-0.39, 0.29) is 11.9 Å². The Bertz CT molecular complexity index is 302. The molecule has 1 amide bonds. The van der Waals surface area contributed by atoms with E-state index in [0.717, 1.165) is 25.7 Å². The van der Waals surface area contributed by atoms with E-state index in [2.05, 4.69) is 19.2 Å². The Balaban J connectivity index is 2.47. The fourth-order valence-corrected chi connectivity index (χ4v) is 1.96. The number of rotatable bonds is 2. The topological polar surface area (TPSA) is 52.9 Å². The van der Waals surface area contributed by atoms with Crippen LogP contribution in [0, 0.1) is 22.2 Å². The molecule has 0 aliphatic heterocycles. The smallest absolute Gasteiger partial charge is 0.240 e. The zero-order valence-corrected chi connectivity index (χ0v) is 10.8. The average molecular weight is 222 g/mol. The van der Waals surface area contributed by atoms with Gasteiger partial charge in [0.05, 0.1) is 6.07 Å². The lowest BCUT2D eigenvalue weighted by Gasteiger charge is -2.35. The summed E-state index contributed by atoms with van der Waals surface area (Å²) in [5.74, 6) is -0.139. The zero-order chi connectivity index (χ0) is 12.4. The largest absolute Gasteiger partial charge is 0.352 e. The lowest BCUT2D eigenvalue weighted by Crippen LogP contribution is -2.44. The summed E-state index contributed by atoms with van der Waals surface area (Å²) in [7, 11) is 0. The molecule has 0 heterocycles. The van der Waals surface area contributed by atoms with Crippen LogP contribution in [0.2, 0.25) is 0 Å². The minimum atomic E-state index is -0.910. The lowest BCUT2D eigenvalue weighted by molar-refractivity contribution is -0.127. The first-order chi connectivity index (χ1) is 7.27. The normalized spacial score (nSPS) is 21.2. The fourth-order valence-electron chi connectivity index (χ4n) is 1.96. The predicted octanol–water partition coefficient (Wildman–Crippen LogP) is 2.62. The van der Waals surface area contributed by atoms with Crippen molar-refractivity contribution in [2.45, 2.75) is 59.4 Å². The molecule has 0 radical (unpaired) electrons. The maximum Gasteiger partial charge on any atom is 0.240 e. The fraction of sp³-hybridized carbons (Fsp3) is 0.846. The Kier molecular flexibility index (Phi) is 3.62. The number of nitrogens with one attached hydrogen (secondary N) is 1. The van der Waals surface area contributed by atoms with Crippen LogP contribution in [-0.4, -0.2) is 11.9 Å². The van der Waals surface area contributed by atoms with E-state index in [1.807, 2.05) is 6.07 Å². The summed E-state index contributed by atoms with van der Waals surface area (Å²) in [6, 6.07) is 2.29. The number of nitriles is 1. The summed E-state index contributed by atoms with van der Waals surface area (Å²) in [5.41, 5.74) is -0.501. The van der Waals surface area contributed by atoms with Gasteiger partial charge in [0.15, 0.2) is 0 Å². The monoisotopic (exact) mass is 222 g/mol. The van der Waals surface area contributed by atoms with Gasteiger partial charge in [-0.25, -0.2) is 0 Å². The maximum atomic E-state index is 11.8. The Morgan fingerprint density at radius 3 is 2.31 bits per heavy atom. The highest BCUT2D eigenvalue weighted by Crippen LogP contribution is 2.35. The Morgan fingerprint density at radius 1 is 1.38 bits per heavy atom. The molecule has 0 atom stereocenters. The number of hydrogen-bond donors (Lipinski definition) is 1. The number of hydrogen-bond acceptors (Lipinski definition) is 2. The molecule has 0 aromatic rings. The van der Waals surface area contributed by atoms with Crippen LogP contribution in [0.25, 0.3) is 0 Å². The summed E-state index contributed by atoms with van der Waals surface area (Å²) in [6.07, 6.45) is 4.34. The molecule has 0 unspecified atom stereocenters. The van der Waals surface area contributed by atoms with Crippen molar-refractivity contribution in [3.63, 3.8) is 0 Å². The highest BCUT2D eigenvalue weighted by Gasteiger charge is 2.32. The van der Waals surface area contributed by atoms with Gasteiger partial charge in [-0.3, -0.25) is 4.79 Å². The molecule has 16 heavy (non-hydrogen) atoms. The molecule has 0 saturated heterocycles. The highest BCUT2D eigenvalue weighted by molar-refractivity contribution is 5.84. The van der Waals surface area contributed by atoms with Gasteiger partial charge in [-0.2, -0.15) is 5.26 Å². The predicted molar refractivity (Wildman–Crippen MR) is 63.6 cm³/mol. The molecule has 1 rings (SSSR count). The van der Waals surface area contributed by atoms with Gasteiger partial charge in [-0.1, -0.05) is 13.8 Å². The van der Waals surface area contributed by atoms with E-state index in [9.17, 15) is 4.79 Å². The Hall–Kier alpha value is -1.04. The molecule has 0 bridgehead atoms. The lowest BCUT2D eigenvalue weighted by atomic mass is 9.75. The summed E-state index contributed by atoms with van der Waals surface area (Å²) in [4.78, 5) is 11.8. The van der Waals surface area contributed by atoms with E-state index >= 15 is 0 Å². The van der Waals surface area contributed by atoms with Crippen molar-refractivity contribution in [3.8, 4) is 6.07 Å². The molecule has 0 aromatic heterocycles. The van der Waals surface area contributed by atoms with Crippen molar-refractivity contribution in [1.29, 1.82) is 5.26 Å². The molecule has 90 valence electrons. The highest BCUT2D eigenvalue weighted by atomic mass is 16.2. The first-order valence-corrected chi connectivity index (χ1v) is 5.99. The first kappa shape index (κ1) is 13.0. The van der Waals surface area contributed by atoms with E-state index in [1.54, 1.807) is 13.8 Å². The quantitative estimate of drug-likeness (QED) is 0.780. The van der Waals surface area contributed by atoms with Crippen LogP contribution < -0.4 is 5.32 Å². The molecule has 3 nitrogen and oxygen atoms in total. The van der Waals surface area contributed by atoms with Crippen molar-refractivity contribution in [1.82, 2.24) is 5.32 Å². The third-order valence-corrected chi connectivity index (χ3v) is 3.52. The van der Waals surface area contributed by atoms with Gasteiger partial charge in [0, 0.05) is 6.04 Å². The third kappa shape index (κ3) is 3.23. The van der Waals surface area contributed by atoms with E-state index in [1.165, 1.54) is 0 Å². The molecule has 1 fully saturated rings. The van der Waals surface area contributed by atoms with Crippen LogP contribution in [0.5, 0.6) is 0 Å². The second-order valence-corrected chi connectivity index (χ2v) is 6.15. The van der Waals surface area contributed by atoms with E-state index in [4.69, 9.17) is 5.26 Å². The molecule has 1 N–H and O–H groups in total. The molecule has 3 heteroatoms. The van der Waals surface area contributed by atoms with Crippen molar-refractivity contribution >= 4 is 5.91 Å². The molecule has 1 saturated carbocycles. The zero-order valence-electron chi connectivity index (χ0n) is 10.8. The van der Waals surface area contributed by atoms with Gasteiger partial charge in [0.1, 0.15) is 5.41 Å². The van der Waals surface area contributed by atoms with Crippen molar-refractivity contribution < 1.29 is 4.79 Å². The molecule has 0 aromatic carbocycles. The second-order valence-electron chi connectivity index (χ2n) is 6.15. The van der Waals surface area contributed by atoms with Gasteiger partial charge >= 0.3 is 0 Å². The van der Waals surface area contributed by atoms with Gasteiger partial charge < -0.3 is 5.32 Å². The molecule has 1 aliphatic carbocycles. The number of carbonyl (C=O) groups excluding carboxylic acids is 1. The summed E-state index contributed by atoms with van der Waals surface area (Å²) in [6.45, 7) is 7.86. The van der Waals surface area contributed by atoms with Gasteiger partial charge in [0.25, 0.3) is 0 Å². The van der Waals surface area contributed by atoms with E-state index in [0.29, 0.717) is 5.41 Å². The standard InChI is InChI=1S/C13H22N2O/c1-12(2)7-5-10(6-8-12)15-11(16)13(3,4)9-14/h10H,5-8H2,1-4H3,(H,15,16). The number of carbonyl (C=O) groups is 1. The van der Waals surface area contributed by atoms with Crippen molar-refractivity contribution in [3.05, 3.63) is 0 Å². The van der Waals surface area contributed by atoms with Crippen LogP contribution in [0.3, 0.4) is 0 Å². The van der Waals surface area contributed by atoms with Crippen LogP contribution in [0.1, 0.15) is 53.4 Å². The third-order valence-electron chi connectivity index (χ3n) is 3.52. The molecule has 1 aliphatic rings. The summed E-state index contributed by atoms with van der Waals surface area (Å²) >= 11 is 0. The number of amides is 1. The minimum Gasteiger partial charge on any atom is -0.352 e. The average Bonchev–Trinajstić information content (AvgIpc) is 2.21. The maximum absolute atomic E-state index is 11.8. The van der Waals surface area contributed by atoms with Gasteiger partial charge in [-0.15, -0.1) is 0 Å². The summed E-state index contributed by atoms with van der Waals surface area (Å²) < 4.78 is 0. The van der Waals surface area contributed by atoms with Crippen molar-refractivity contribution in [2.24, 2.45) is 10.8 Å². The van der Waals surface area contributed by atoms with Gasteiger partial charge in [-0.05, 0) is 44.9 Å². The van der Waals surface area contributed by atoms with Crippen LogP contribution in [0.15, 0.2) is 0 Å². The molecule has 0 spiro atoms. The first-order valence-electron chi connectivity index (χ1n) is 5.99. The Morgan fingerprint density at radius 2 is 1.88 bits per heavy atom.